The van der Waals surface area contributed by atoms with Crippen LogP contribution in [0.15, 0.2) is 21.5 Å². The van der Waals surface area contributed by atoms with Crippen LogP contribution >= 0.6 is 0 Å². The first-order valence-electron chi connectivity index (χ1n) is 3.72. The van der Waals surface area contributed by atoms with Crippen molar-refractivity contribution < 1.29 is 4.42 Å². The predicted molar refractivity (Wildman–Crippen MR) is 41.8 cm³/mol. The first kappa shape index (κ1) is 6.46. The summed E-state index contributed by atoms with van der Waals surface area (Å²) in [5.41, 5.74) is 1.53. The standard InChI is InChI=1S/C8H9NO2/c10-8-6-2-1-4-9-7(6)3-5-11-8/h3,5,9H,1-2,4H2. The Balaban J connectivity index is 2.58. The molecule has 3 nitrogen and oxygen atoms in total. The molecule has 3 heteroatoms. The van der Waals surface area contributed by atoms with E-state index in [-0.39, 0.29) is 5.63 Å². The molecular weight excluding hydrogens is 142 g/mol. The van der Waals surface area contributed by atoms with Gasteiger partial charge in [0.15, 0.2) is 0 Å². The molecule has 0 aliphatic carbocycles. The van der Waals surface area contributed by atoms with Gasteiger partial charge in [-0.1, -0.05) is 0 Å². The van der Waals surface area contributed by atoms with Gasteiger partial charge in [-0.15, -0.1) is 0 Å². The Hall–Kier alpha value is -1.25. The molecule has 0 atom stereocenters. The van der Waals surface area contributed by atoms with Crippen molar-refractivity contribution in [2.75, 3.05) is 11.9 Å². The van der Waals surface area contributed by atoms with Crippen LogP contribution in [0.4, 0.5) is 5.69 Å². The average Bonchev–Trinajstić information content (AvgIpc) is 2.06. The highest BCUT2D eigenvalue weighted by Gasteiger charge is 2.11. The van der Waals surface area contributed by atoms with E-state index in [2.05, 4.69) is 5.32 Å². The number of anilines is 1. The smallest absolute Gasteiger partial charge is 0.340 e. The molecule has 1 aliphatic heterocycles. The predicted octanol–water partition coefficient (Wildman–Crippen LogP) is 0.998. The fourth-order valence-electron chi connectivity index (χ4n) is 1.34. The highest BCUT2D eigenvalue weighted by atomic mass is 16.4. The summed E-state index contributed by atoms with van der Waals surface area (Å²) >= 11 is 0. The molecule has 0 saturated heterocycles. The maximum absolute atomic E-state index is 11.1. The zero-order valence-electron chi connectivity index (χ0n) is 6.09. The van der Waals surface area contributed by atoms with E-state index in [1.165, 1.54) is 6.26 Å². The molecule has 58 valence electrons. The Labute approximate surface area is 64.0 Å². The normalized spacial score (nSPS) is 15.3. The van der Waals surface area contributed by atoms with Crippen molar-refractivity contribution in [3.63, 3.8) is 0 Å². The number of hydrogen-bond donors (Lipinski definition) is 1. The van der Waals surface area contributed by atoms with Crippen molar-refractivity contribution in [3.8, 4) is 0 Å². The number of nitrogens with one attached hydrogen (secondary N) is 1. The summed E-state index contributed by atoms with van der Waals surface area (Å²) in [6.07, 6.45) is 3.28. The van der Waals surface area contributed by atoms with Crippen molar-refractivity contribution in [3.05, 3.63) is 28.3 Å². The molecule has 1 aromatic rings. The monoisotopic (exact) mass is 151 g/mol. The molecule has 0 saturated carbocycles. The first-order chi connectivity index (χ1) is 5.38. The molecular formula is C8H9NO2. The van der Waals surface area contributed by atoms with Crippen LogP contribution in [0.5, 0.6) is 0 Å². The molecule has 1 N–H and O–H groups in total. The van der Waals surface area contributed by atoms with Crippen LogP contribution in [0.1, 0.15) is 12.0 Å². The number of hydrogen-bond acceptors (Lipinski definition) is 3. The number of fused-ring (bicyclic) bond motifs is 1. The van der Waals surface area contributed by atoms with Gasteiger partial charge in [0.05, 0.1) is 11.8 Å². The van der Waals surface area contributed by atoms with Gasteiger partial charge in [0.1, 0.15) is 0 Å². The lowest BCUT2D eigenvalue weighted by Crippen LogP contribution is -2.18. The SMILES string of the molecule is O=c1occc2c1CCCN2. The van der Waals surface area contributed by atoms with Crippen LogP contribution < -0.4 is 10.9 Å². The quantitative estimate of drug-likeness (QED) is 0.601. The zero-order chi connectivity index (χ0) is 7.68. The van der Waals surface area contributed by atoms with Crippen LogP contribution in [0.2, 0.25) is 0 Å². The summed E-state index contributed by atoms with van der Waals surface area (Å²) in [6, 6.07) is 1.80. The van der Waals surface area contributed by atoms with E-state index in [9.17, 15) is 4.79 Å². The molecule has 0 bridgehead atoms. The molecule has 1 aromatic heterocycles. The van der Waals surface area contributed by atoms with Gasteiger partial charge in [0, 0.05) is 12.2 Å². The fraction of sp³-hybridized carbons (Fsp3) is 0.375. The topological polar surface area (TPSA) is 42.2 Å². The molecule has 0 radical (unpaired) electrons. The Bertz CT molecular complexity index is 316. The van der Waals surface area contributed by atoms with Crippen LogP contribution in [0, 0.1) is 0 Å². The van der Waals surface area contributed by atoms with Crippen molar-refractivity contribution in [2.24, 2.45) is 0 Å². The third-order valence-electron chi connectivity index (χ3n) is 1.90. The second-order valence-corrected chi connectivity index (χ2v) is 2.63. The van der Waals surface area contributed by atoms with E-state index in [0.29, 0.717) is 0 Å². The van der Waals surface area contributed by atoms with Gasteiger partial charge in [0.2, 0.25) is 0 Å². The highest BCUT2D eigenvalue weighted by Crippen LogP contribution is 2.16. The third-order valence-corrected chi connectivity index (χ3v) is 1.90. The van der Waals surface area contributed by atoms with Gasteiger partial charge < -0.3 is 9.73 Å². The molecule has 0 spiro atoms. The van der Waals surface area contributed by atoms with Crippen LogP contribution in [0.25, 0.3) is 0 Å². The minimum absolute atomic E-state index is 0.199. The van der Waals surface area contributed by atoms with Crippen LogP contribution in [0.3, 0.4) is 0 Å². The van der Waals surface area contributed by atoms with Gasteiger partial charge >= 0.3 is 5.63 Å². The largest absolute Gasteiger partial charge is 0.431 e. The Morgan fingerprint density at radius 3 is 3.27 bits per heavy atom. The maximum atomic E-state index is 11.1. The van der Waals surface area contributed by atoms with E-state index >= 15 is 0 Å². The van der Waals surface area contributed by atoms with Gasteiger partial charge in [-0.2, -0.15) is 0 Å². The molecule has 0 aromatic carbocycles. The second-order valence-electron chi connectivity index (χ2n) is 2.63. The molecule has 2 heterocycles. The summed E-state index contributed by atoms with van der Waals surface area (Å²) < 4.78 is 4.73. The van der Waals surface area contributed by atoms with E-state index in [1.807, 2.05) is 0 Å². The van der Waals surface area contributed by atoms with Gasteiger partial charge in [0.25, 0.3) is 0 Å². The van der Waals surface area contributed by atoms with E-state index in [1.54, 1.807) is 6.07 Å². The lowest BCUT2D eigenvalue weighted by Gasteiger charge is -2.14. The van der Waals surface area contributed by atoms with Gasteiger partial charge in [-0.05, 0) is 18.9 Å². The lowest BCUT2D eigenvalue weighted by molar-refractivity contribution is 0.499. The number of rotatable bonds is 0. The van der Waals surface area contributed by atoms with E-state index in [0.717, 1.165) is 30.6 Å². The average molecular weight is 151 g/mol. The highest BCUT2D eigenvalue weighted by molar-refractivity contribution is 5.50. The first-order valence-corrected chi connectivity index (χ1v) is 3.72. The van der Waals surface area contributed by atoms with E-state index < -0.39 is 0 Å². The molecule has 2 rings (SSSR count). The van der Waals surface area contributed by atoms with Crippen LogP contribution in [-0.2, 0) is 6.42 Å². The Kier molecular flexibility index (Phi) is 1.42. The summed E-state index contributed by atoms with van der Waals surface area (Å²) in [4.78, 5) is 11.1. The molecule has 11 heavy (non-hydrogen) atoms. The third kappa shape index (κ3) is 1.02. The van der Waals surface area contributed by atoms with Crippen molar-refractivity contribution >= 4 is 5.69 Å². The molecule has 0 fully saturated rings. The molecule has 0 unspecified atom stereocenters. The summed E-state index contributed by atoms with van der Waals surface area (Å²) in [5, 5.41) is 3.14. The second kappa shape index (κ2) is 2.42. The lowest BCUT2D eigenvalue weighted by atomic mass is 10.1. The van der Waals surface area contributed by atoms with E-state index in [4.69, 9.17) is 4.42 Å². The summed E-state index contributed by atoms with van der Waals surface area (Å²) in [6.45, 7) is 0.955. The fourth-order valence-corrected chi connectivity index (χ4v) is 1.34. The maximum Gasteiger partial charge on any atom is 0.340 e. The van der Waals surface area contributed by atoms with Gasteiger partial charge in [-0.3, -0.25) is 0 Å². The molecule has 1 aliphatic rings. The summed E-state index contributed by atoms with van der Waals surface area (Å²) in [5.74, 6) is 0. The Morgan fingerprint density at radius 1 is 1.55 bits per heavy atom. The zero-order valence-corrected chi connectivity index (χ0v) is 6.09. The van der Waals surface area contributed by atoms with Crippen molar-refractivity contribution in [1.29, 1.82) is 0 Å². The minimum Gasteiger partial charge on any atom is -0.431 e. The minimum atomic E-state index is -0.199. The van der Waals surface area contributed by atoms with Crippen LogP contribution in [-0.4, -0.2) is 6.54 Å². The van der Waals surface area contributed by atoms with Crippen molar-refractivity contribution in [1.82, 2.24) is 0 Å². The van der Waals surface area contributed by atoms with Crippen molar-refractivity contribution in [2.45, 2.75) is 12.8 Å². The Morgan fingerprint density at radius 2 is 2.45 bits per heavy atom. The van der Waals surface area contributed by atoms with Gasteiger partial charge in [-0.25, -0.2) is 4.79 Å². The summed E-state index contributed by atoms with van der Waals surface area (Å²) in [7, 11) is 0. The molecule has 0 amide bonds.